The number of nitrogens with one attached hydrogen (secondary N) is 2. The summed E-state index contributed by atoms with van der Waals surface area (Å²) in [6.45, 7) is 7.56. The summed E-state index contributed by atoms with van der Waals surface area (Å²) in [5.74, 6) is 1.37. The Bertz CT molecular complexity index is 559. The molecule has 1 unspecified atom stereocenters. The molecule has 0 bridgehead atoms. The van der Waals surface area contributed by atoms with Crippen LogP contribution >= 0.6 is 24.0 Å². The summed E-state index contributed by atoms with van der Waals surface area (Å²) in [7, 11) is 0.797. The van der Waals surface area contributed by atoms with Crippen molar-refractivity contribution >= 4 is 40.7 Å². The lowest BCUT2D eigenvalue weighted by Crippen LogP contribution is -2.49. The number of rotatable bonds is 7. The molecule has 1 aliphatic rings. The van der Waals surface area contributed by atoms with Crippen molar-refractivity contribution in [2.75, 3.05) is 39.0 Å². The molecule has 1 atom stereocenters. The average Bonchev–Trinajstić information content (AvgIpc) is 2.63. The Labute approximate surface area is 170 Å². The van der Waals surface area contributed by atoms with Gasteiger partial charge < -0.3 is 10.6 Å². The van der Waals surface area contributed by atoms with Gasteiger partial charge in [0.2, 0.25) is 0 Å². The first-order valence-electron chi connectivity index (χ1n) is 8.46. The van der Waals surface area contributed by atoms with Crippen molar-refractivity contribution in [3.63, 3.8) is 0 Å². The van der Waals surface area contributed by atoms with E-state index in [0.717, 1.165) is 43.3 Å². The van der Waals surface area contributed by atoms with Gasteiger partial charge in [0.25, 0.3) is 0 Å². The largest absolute Gasteiger partial charge is 0.355 e. The van der Waals surface area contributed by atoms with E-state index in [1.165, 1.54) is 0 Å². The zero-order valence-electron chi connectivity index (χ0n) is 14.8. The molecule has 0 radical (unpaired) electrons. The minimum absolute atomic E-state index is 0. The van der Waals surface area contributed by atoms with E-state index < -0.39 is 10.8 Å². The fourth-order valence-corrected chi connectivity index (χ4v) is 3.77. The van der Waals surface area contributed by atoms with Crippen LogP contribution in [0.5, 0.6) is 0 Å². The molecule has 1 aromatic carbocycles. The third-order valence-electron chi connectivity index (χ3n) is 4.13. The van der Waals surface area contributed by atoms with Crippen LogP contribution in [0.3, 0.4) is 0 Å². The molecule has 25 heavy (non-hydrogen) atoms. The number of aliphatic imine (C=N–C) groups is 1. The van der Waals surface area contributed by atoms with Gasteiger partial charge in [0, 0.05) is 49.9 Å². The molecule has 0 aliphatic carbocycles. The van der Waals surface area contributed by atoms with Gasteiger partial charge in [0.15, 0.2) is 5.96 Å². The first kappa shape index (κ1) is 22.1. The fraction of sp³-hybridized carbons (Fsp3) is 0.500. The molecule has 1 saturated heterocycles. The van der Waals surface area contributed by atoms with Crippen molar-refractivity contribution in [2.45, 2.75) is 23.8 Å². The number of likely N-dealkylation sites (tertiary alicyclic amines) is 1. The number of hydrogen-bond acceptors (Lipinski definition) is 3. The SMILES string of the molecule is C=CCN1CCC(NC(=NC)NCCS(=O)c2ccccc2)CC1.I. The van der Waals surface area contributed by atoms with Gasteiger partial charge >= 0.3 is 0 Å². The molecule has 1 aromatic rings. The molecule has 1 fully saturated rings. The highest BCUT2D eigenvalue weighted by molar-refractivity contribution is 14.0. The third-order valence-corrected chi connectivity index (χ3v) is 5.50. The van der Waals surface area contributed by atoms with E-state index in [1.807, 2.05) is 36.4 Å². The lowest BCUT2D eigenvalue weighted by atomic mass is 10.1. The van der Waals surface area contributed by atoms with Gasteiger partial charge in [-0.25, -0.2) is 0 Å². The Kier molecular flexibility index (Phi) is 11.0. The first-order valence-corrected chi connectivity index (χ1v) is 9.78. The quantitative estimate of drug-likeness (QED) is 0.274. The normalized spacial score (nSPS) is 17.4. The fourth-order valence-electron chi connectivity index (χ4n) is 2.78. The molecule has 140 valence electrons. The summed E-state index contributed by atoms with van der Waals surface area (Å²) in [4.78, 5) is 7.55. The van der Waals surface area contributed by atoms with E-state index in [4.69, 9.17) is 0 Å². The summed E-state index contributed by atoms with van der Waals surface area (Å²) >= 11 is 0. The topological polar surface area (TPSA) is 56.7 Å². The summed E-state index contributed by atoms with van der Waals surface area (Å²) in [5, 5.41) is 6.74. The molecule has 2 rings (SSSR count). The van der Waals surface area contributed by atoms with Crippen molar-refractivity contribution in [1.29, 1.82) is 0 Å². The van der Waals surface area contributed by atoms with Crippen molar-refractivity contribution in [3.05, 3.63) is 43.0 Å². The van der Waals surface area contributed by atoms with E-state index in [0.29, 0.717) is 18.3 Å². The van der Waals surface area contributed by atoms with Gasteiger partial charge in [0.05, 0.1) is 10.8 Å². The predicted octanol–water partition coefficient (Wildman–Crippen LogP) is 2.23. The number of hydrogen-bond donors (Lipinski definition) is 2. The van der Waals surface area contributed by atoms with Crippen molar-refractivity contribution in [2.24, 2.45) is 4.99 Å². The van der Waals surface area contributed by atoms with Crippen LogP contribution in [-0.2, 0) is 10.8 Å². The minimum Gasteiger partial charge on any atom is -0.355 e. The van der Waals surface area contributed by atoms with Crippen molar-refractivity contribution < 1.29 is 4.21 Å². The maximum absolute atomic E-state index is 12.2. The van der Waals surface area contributed by atoms with Crippen LogP contribution in [0.25, 0.3) is 0 Å². The zero-order valence-corrected chi connectivity index (χ0v) is 18.0. The van der Waals surface area contributed by atoms with Crippen LogP contribution in [0, 0.1) is 0 Å². The average molecular weight is 476 g/mol. The van der Waals surface area contributed by atoms with Gasteiger partial charge in [-0.3, -0.25) is 14.1 Å². The Morgan fingerprint density at radius 1 is 1.36 bits per heavy atom. The molecule has 0 saturated carbocycles. The van der Waals surface area contributed by atoms with E-state index in [9.17, 15) is 4.21 Å². The second-order valence-corrected chi connectivity index (χ2v) is 7.44. The van der Waals surface area contributed by atoms with E-state index >= 15 is 0 Å². The van der Waals surface area contributed by atoms with Gasteiger partial charge in [-0.2, -0.15) is 0 Å². The summed E-state index contributed by atoms with van der Waals surface area (Å²) in [6.07, 6.45) is 4.16. The molecule has 0 amide bonds. The molecule has 1 aliphatic heterocycles. The smallest absolute Gasteiger partial charge is 0.191 e. The lowest BCUT2D eigenvalue weighted by molar-refractivity contribution is 0.225. The summed E-state index contributed by atoms with van der Waals surface area (Å²) in [6, 6.07) is 10.0. The lowest BCUT2D eigenvalue weighted by Gasteiger charge is -2.32. The Balaban J connectivity index is 0.00000312. The number of guanidine groups is 1. The molecule has 7 heteroatoms. The van der Waals surface area contributed by atoms with Gasteiger partial charge in [-0.15, -0.1) is 30.6 Å². The van der Waals surface area contributed by atoms with Crippen LogP contribution in [0.4, 0.5) is 0 Å². The monoisotopic (exact) mass is 476 g/mol. The van der Waals surface area contributed by atoms with E-state index in [2.05, 4.69) is 27.1 Å². The molecule has 5 nitrogen and oxygen atoms in total. The third kappa shape index (κ3) is 7.87. The van der Waals surface area contributed by atoms with E-state index in [1.54, 1.807) is 7.05 Å². The Morgan fingerprint density at radius 3 is 2.64 bits per heavy atom. The molecule has 1 heterocycles. The second kappa shape index (κ2) is 12.4. The van der Waals surface area contributed by atoms with Crippen molar-refractivity contribution in [1.82, 2.24) is 15.5 Å². The highest BCUT2D eigenvalue weighted by atomic mass is 127. The zero-order chi connectivity index (χ0) is 17.2. The first-order chi connectivity index (χ1) is 11.7. The number of nitrogens with zero attached hydrogens (tertiary/aromatic N) is 2. The van der Waals surface area contributed by atoms with E-state index in [-0.39, 0.29) is 24.0 Å². The molecule has 0 aromatic heterocycles. The Hall–Kier alpha value is -0.930. The summed E-state index contributed by atoms with van der Waals surface area (Å²) in [5.41, 5.74) is 0. The van der Waals surface area contributed by atoms with Gasteiger partial charge in [-0.1, -0.05) is 24.3 Å². The maximum atomic E-state index is 12.2. The summed E-state index contributed by atoms with van der Waals surface area (Å²) < 4.78 is 12.2. The van der Waals surface area contributed by atoms with Crippen LogP contribution in [0.2, 0.25) is 0 Å². The standard InChI is InChI=1S/C18H28N4OS.HI/c1-3-12-22-13-9-16(10-14-22)21-18(19-2)20-11-15-24(23)17-7-5-4-6-8-17;/h3-8,16H,1,9-15H2,2H3,(H2,19,20,21);1H. The van der Waals surface area contributed by atoms with Crippen LogP contribution < -0.4 is 10.6 Å². The Morgan fingerprint density at radius 2 is 2.04 bits per heavy atom. The van der Waals surface area contributed by atoms with Crippen LogP contribution in [-0.4, -0.2) is 60.1 Å². The van der Waals surface area contributed by atoms with Gasteiger partial charge in [0.1, 0.15) is 0 Å². The molecule has 2 N–H and O–H groups in total. The van der Waals surface area contributed by atoms with Gasteiger partial charge in [-0.05, 0) is 25.0 Å². The predicted molar refractivity (Wildman–Crippen MR) is 117 cm³/mol. The highest BCUT2D eigenvalue weighted by Gasteiger charge is 2.19. The number of halogens is 1. The molecule has 0 spiro atoms. The second-order valence-electron chi connectivity index (χ2n) is 5.87. The minimum atomic E-state index is -0.977. The van der Waals surface area contributed by atoms with Crippen LogP contribution in [0.1, 0.15) is 12.8 Å². The molecular formula is C18H29IN4OS. The van der Waals surface area contributed by atoms with Crippen molar-refractivity contribution in [3.8, 4) is 0 Å². The number of piperidine rings is 1. The molecular weight excluding hydrogens is 447 g/mol. The maximum Gasteiger partial charge on any atom is 0.191 e. The highest BCUT2D eigenvalue weighted by Crippen LogP contribution is 2.10. The number of benzene rings is 1. The van der Waals surface area contributed by atoms with Crippen LogP contribution in [0.15, 0.2) is 52.9 Å².